The highest BCUT2D eigenvalue weighted by Gasteiger charge is 2.30. The van der Waals surface area contributed by atoms with Gasteiger partial charge in [0.15, 0.2) is 0 Å². The number of cyclic esters (lactones) is 1. The molecule has 1 unspecified atom stereocenters. The van der Waals surface area contributed by atoms with E-state index in [1.54, 1.807) is 6.07 Å². The number of carbonyl (C=O) groups is 1. The van der Waals surface area contributed by atoms with Gasteiger partial charge in [0.1, 0.15) is 24.2 Å². The van der Waals surface area contributed by atoms with Crippen molar-refractivity contribution in [2.75, 3.05) is 26.3 Å². The highest BCUT2D eigenvalue weighted by atomic mass is 16.5. The summed E-state index contributed by atoms with van der Waals surface area (Å²) >= 11 is 0. The van der Waals surface area contributed by atoms with Crippen molar-refractivity contribution in [3.63, 3.8) is 0 Å². The zero-order chi connectivity index (χ0) is 20.9. The van der Waals surface area contributed by atoms with Gasteiger partial charge in [0.2, 0.25) is 0 Å². The van der Waals surface area contributed by atoms with Gasteiger partial charge in [0, 0.05) is 36.3 Å². The highest BCUT2D eigenvalue weighted by molar-refractivity contribution is 5.94. The van der Waals surface area contributed by atoms with Crippen molar-refractivity contribution in [1.29, 1.82) is 0 Å². The number of unbranched alkanes of at least 4 members (excludes halogenated alkanes) is 1. The Kier molecular flexibility index (Phi) is 6.55. The van der Waals surface area contributed by atoms with Crippen molar-refractivity contribution in [2.45, 2.75) is 45.4 Å². The van der Waals surface area contributed by atoms with Crippen molar-refractivity contribution in [2.24, 2.45) is 0 Å². The number of hydrogen-bond acceptors (Lipinski definition) is 6. The second-order valence-corrected chi connectivity index (χ2v) is 7.89. The van der Waals surface area contributed by atoms with Gasteiger partial charge >= 0.3 is 5.97 Å². The molecule has 0 spiro atoms. The maximum atomic E-state index is 12.2. The number of nitrogens with zero attached hydrogens (tertiary/aromatic N) is 1. The van der Waals surface area contributed by atoms with Crippen LogP contribution in [0.15, 0.2) is 36.4 Å². The average Bonchev–Trinajstić information content (AvgIpc) is 3.08. The molecule has 2 aliphatic heterocycles. The lowest BCUT2D eigenvalue weighted by molar-refractivity contribution is 0.0338. The molecule has 2 aliphatic rings. The Morgan fingerprint density at radius 2 is 1.97 bits per heavy atom. The number of carbonyl (C=O) groups excluding carboxylic acids is 1. The molecule has 1 N–H and O–H groups in total. The predicted octanol–water partition coefficient (Wildman–Crippen LogP) is 4.21. The number of ether oxygens (including phenoxy) is 3. The van der Waals surface area contributed by atoms with Gasteiger partial charge in [-0.15, -0.1) is 0 Å². The quantitative estimate of drug-likeness (QED) is 0.657. The van der Waals surface area contributed by atoms with Crippen molar-refractivity contribution in [3.8, 4) is 11.5 Å². The number of para-hydroxylation sites is 1. The van der Waals surface area contributed by atoms with Crippen LogP contribution in [-0.4, -0.2) is 42.3 Å². The zero-order valence-corrected chi connectivity index (χ0v) is 17.4. The summed E-state index contributed by atoms with van der Waals surface area (Å²) < 4.78 is 16.8. The fourth-order valence-corrected chi connectivity index (χ4v) is 3.99. The molecule has 0 aromatic heterocycles. The first kappa shape index (κ1) is 20.7. The smallest absolute Gasteiger partial charge is 0.339 e. The normalized spacial score (nSPS) is 18.8. The van der Waals surface area contributed by atoms with Gasteiger partial charge in [-0.25, -0.2) is 4.79 Å². The minimum Gasteiger partial charge on any atom is -0.507 e. The van der Waals surface area contributed by atoms with Gasteiger partial charge in [0.05, 0.1) is 18.8 Å². The van der Waals surface area contributed by atoms with Gasteiger partial charge in [-0.3, -0.25) is 4.90 Å². The summed E-state index contributed by atoms with van der Waals surface area (Å²) in [7, 11) is 0. The van der Waals surface area contributed by atoms with Crippen LogP contribution < -0.4 is 4.74 Å². The molecule has 0 bridgehead atoms. The Balaban J connectivity index is 1.42. The molecule has 1 atom stereocenters. The molecule has 2 aromatic rings. The minimum absolute atomic E-state index is 0.151. The first-order chi connectivity index (χ1) is 14.7. The number of esters is 1. The minimum atomic E-state index is -0.285. The molecule has 1 saturated heterocycles. The van der Waals surface area contributed by atoms with Crippen LogP contribution in [0.4, 0.5) is 0 Å². The van der Waals surface area contributed by atoms with Crippen LogP contribution in [0.3, 0.4) is 0 Å². The Hall–Kier alpha value is -2.57. The van der Waals surface area contributed by atoms with E-state index in [4.69, 9.17) is 14.2 Å². The first-order valence-electron chi connectivity index (χ1n) is 10.7. The molecule has 0 radical (unpaired) electrons. The fraction of sp³-hybridized carbons (Fsp3) is 0.458. The van der Waals surface area contributed by atoms with E-state index in [9.17, 15) is 9.90 Å². The SMILES string of the molecule is CCCCC1OC(=O)c2cc(OCc3cccc(CN4CCOCC4)c3O)ccc21. The number of morpholine rings is 1. The Morgan fingerprint density at radius 1 is 1.17 bits per heavy atom. The number of phenolic OH excluding ortho intramolecular Hbond substituents is 1. The van der Waals surface area contributed by atoms with E-state index in [0.717, 1.165) is 62.3 Å². The lowest BCUT2D eigenvalue weighted by atomic mass is 10.0. The van der Waals surface area contributed by atoms with Crippen LogP contribution in [0.1, 0.15) is 59.3 Å². The summed E-state index contributed by atoms with van der Waals surface area (Å²) in [6, 6.07) is 11.3. The van der Waals surface area contributed by atoms with Crippen LogP contribution in [0.2, 0.25) is 0 Å². The lowest BCUT2D eigenvalue weighted by Gasteiger charge is -2.27. The van der Waals surface area contributed by atoms with Crippen LogP contribution in [0.5, 0.6) is 11.5 Å². The zero-order valence-electron chi connectivity index (χ0n) is 17.4. The molecule has 0 amide bonds. The summed E-state index contributed by atoms with van der Waals surface area (Å²) in [5.41, 5.74) is 3.13. The summed E-state index contributed by atoms with van der Waals surface area (Å²) in [6.07, 6.45) is 2.79. The standard InChI is InChI=1S/C24H29NO5/c1-2-3-7-22-20-9-8-19(14-21(20)24(27)30-22)29-16-18-6-4-5-17(23(18)26)15-25-10-12-28-13-11-25/h4-6,8-9,14,22,26H,2-3,7,10-13,15-16H2,1H3. The average molecular weight is 411 g/mol. The van der Waals surface area contributed by atoms with Crippen molar-refractivity contribution in [1.82, 2.24) is 4.90 Å². The number of rotatable bonds is 8. The Morgan fingerprint density at radius 3 is 2.77 bits per heavy atom. The molecule has 2 heterocycles. The van der Waals surface area contributed by atoms with E-state index >= 15 is 0 Å². The molecule has 0 saturated carbocycles. The summed E-state index contributed by atoms with van der Waals surface area (Å²) in [5, 5.41) is 10.7. The van der Waals surface area contributed by atoms with E-state index in [-0.39, 0.29) is 24.4 Å². The molecule has 1 fully saturated rings. The van der Waals surface area contributed by atoms with Crippen molar-refractivity contribution < 1.29 is 24.1 Å². The van der Waals surface area contributed by atoms with Crippen LogP contribution in [0.25, 0.3) is 0 Å². The molecule has 160 valence electrons. The third-order valence-electron chi connectivity index (χ3n) is 5.76. The van der Waals surface area contributed by atoms with Gasteiger partial charge < -0.3 is 19.3 Å². The Bertz CT molecular complexity index is 891. The highest BCUT2D eigenvalue weighted by Crippen LogP contribution is 2.36. The van der Waals surface area contributed by atoms with Crippen LogP contribution >= 0.6 is 0 Å². The first-order valence-corrected chi connectivity index (χ1v) is 10.7. The van der Waals surface area contributed by atoms with Crippen molar-refractivity contribution in [3.05, 3.63) is 58.7 Å². The third-order valence-corrected chi connectivity index (χ3v) is 5.76. The van der Waals surface area contributed by atoms with Crippen molar-refractivity contribution >= 4 is 5.97 Å². The van der Waals surface area contributed by atoms with E-state index < -0.39 is 0 Å². The number of fused-ring (bicyclic) bond motifs is 1. The van der Waals surface area contributed by atoms with Gasteiger partial charge in [-0.1, -0.05) is 37.6 Å². The largest absolute Gasteiger partial charge is 0.507 e. The number of hydrogen-bond donors (Lipinski definition) is 1. The van der Waals surface area contributed by atoms with E-state index in [1.807, 2.05) is 30.3 Å². The molecule has 6 nitrogen and oxygen atoms in total. The third kappa shape index (κ3) is 4.60. The molecule has 6 heteroatoms. The number of aromatic hydroxyl groups is 1. The molecule has 2 aromatic carbocycles. The summed E-state index contributed by atoms with van der Waals surface area (Å²) in [6.45, 7) is 6.23. The van der Waals surface area contributed by atoms with Gasteiger partial charge in [-0.05, 0) is 25.0 Å². The van der Waals surface area contributed by atoms with Crippen LogP contribution in [0, 0.1) is 0 Å². The predicted molar refractivity (Wildman–Crippen MR) is 113 cm³/mol. The summed E-state index contributed by atoms with van der Waals surface area (Å²) in [5.74, 6) is 0.580. The maximum absolute atomic E-state index is 12.2. The summed E-state index contributed by atoms with van der Waals surface area (Å²) in [4.78, 5) is 14.5. The number of phenols is 1. The molecule has 4 rings (SSSR count). The molecule has 30 heavy (non-hydrogen) atoms. The Labute approximate surface area is 177 Å². The maximum Gasteiger partial charge on any atom is 0.339 e. The molecular formula is C24H29NO5. The monoisotopic (exact) mass is 411 g/mol. The van der Waals surface area contributed by atoms with E-state index in [0.29, 0.717) is 17.9 Å². The van der Waals surface area contributed by atoms with Crippen LogP contribution in [-0.2, 0) is 22.6 Å². The number of benzene rings is 2. The second-order valence-electron chi connectivity index (χ2n) is 7.89. The topological polar surface area (TPSA) is 68.2 Å². The fourth-order valence-electron chi connectivity index (χ4n) is 3.99. The molecular weight excluding hydrogens is 382 g/mol. The van der Waals surface area contributed by atoms with Gasteiger partial charge in [0.25, 0.3) is 0 Å². The van der Waals surface area contributed by atoms with Gasteiger partial charge in [-0.2, -0.15) is 0 Å². The molecule has 0 aliphatic carbocycles. The van der Waals surface area contributed by atoms with E-state index in [1.165, 1.54) is 0 Å². The second kappa shape index (κ2) is 9.49. The van der Waals surface area contributed by atoms with E-state index in [2.05, 4.69) is 11.8 Å². The lowest BCUT2D eigenvalue weighted by Crippen LogP contribution is -2.35.